The normalized spacial score (nSPS) is 12.9. The van der Waals surface area contributed by atoms with E-state index in [9.17, 15) is 22.6 Å². The van der Waals surface area contributed by atoms with Gasteiger partial charge in [-0.1, -0.05) is 381 Å². The van der Waals surface area contributed by atoms with E-state index in [4.69, 9.17) is 29.4 Å². The Labute approximate surface area is 862 Å². The lowest BCUT2D eigenvalue weighted by Crippen LogP contribution is -2.50. The lowest BCUT2D eigenvalue weighted by molar-refractivity contribution is -0.929. The molecule has 0 amide bonds. The number of nitrogens with zero attached hydrogens (tertiary/aromatic N) is 2. The first-order chi connectivity index (χ1) is 68.3. The summed E-state index contributed by atoms with van der Waals surface area (Å²) >= 11 is 0. The van der Waals surface area contributed by atoms with Crippen LogP contribution in [0.5, 0.6) is 23.0 Å². The minimum absolute atomic E-state index is 0. The number of aromatic hydroxyl groups is 2. The molecular formula is C127H166N3O11S2+. The van der Waals surface area contributed by atoms with Gasteiger partial charge in [-0.2, -0.15) is 0 Å². The number of hydrogen-bond acceptors (Lipinski definition) is 11. The molecule has 5 N–H and O–H groups in total. The summed E-state index contributed by atoms with van der Waals surface area (Å²) < 4.78 is 53.5. The number of hydrogen-bond donors (Lipinski definition) is 3. The van der Waals surface area contributed by atoms with Crippen molar-refractivity contribution in [3.8, 4) is 68.0 Å². The van der Waals surface area contributed by atoms with Crippen LogP contribution in [0.25, 0.3) is 45.0 Å². The maximum atomic E-state index is 12.0. The van der Waals surface area contributed by atoms with E-state index in [2.05, 4.69) is 281 Å². The zero-order chi connectivity index (χ0) is 103. The van der Waals surface area contributed by atoms with E-state index in [1.54, 1.807) is 24.3 Å². The van der Waals surface area contributed by atoms with Crippen molar-refractivity contribution in [3.63, 3.8) is 0 Å². The summed E-state index contributed by atoms with van der Waals surface area (Å²) in [5.74, 6) is 3.95. The van der Waals surface area contributed by atoms with Crippen molar-refractivity contribution in [2.75, 3.05) is 26.2 Å². The lowest BCUT2D eigenvalue weighted by atomic mass is 9.89. The number of imidazole rings is 1. The number of rotatable bonds is 35. The Balaban J connectivity index is 0.000000224. The second kappa shape index (κ2) is 60.8. The number of benzene rings is 12. The first-order valence-electron chi connectivity index (χ1n) is 52.4. The molecule has 15 rings (SSSR count). The Morgan fingerprint density at radius 1 is 0.462 bits per heavy atom. The molecule has 0 bridgehead atoms. The van der Waals surface area contributed by atoms with Crippen LogP contribution >= 0.6 is 0 Å². The van der Waals surface area contributed by atoms with Gasteiger partial charge in [0.1, 0.15) is 44.5 Å². The topological polar surface area (TPSA) is 220 Å². The Morgan fingerprint density at radius 2 is 0.825 bits per heavy atom. The molecule has 2 aliphatic carbocycles. The van der Waals surface area contributed by atoms with Crippen LogP contribution in [0.1, 0.15) is 322 Å². The van der Waals surface area contributed by atoms with Gasteiger partial charge in [-0.25, -0.2) is 13.4 Å². The number of esters is 2. The smallest absolute Gasteiger partial charge is 0.314 e. The highest BCUT2D eigenvalue weighted by Gasteiger charge is 2.40. The molecule has 766 valence electrons. The van der Waals surface area contributed by atoms with Gasteiger partial charge in [0.2, 0.25) is 0 Å². The third kappa shape index (κ3) is 36.6. The molecule has 1 heterocycles. The molecule has 13 aromatic rings. The summed E-state index contributed by atoms with van der Waals surface area (Å²) in [6.45, 7) is 47.5. The quantitative estimate of drug-likeness (QED) is 0.0111. The van der Waals surface area contributed by atoms with Crippen LogP contribution in [-0.4, -0.2) is 86.8 Å². The van der Waals surface area contributed by atoms with Crippen LogP contribution in [-0.2, 0) is 35.3 Å². The lowest BCUT2D eigenvalue weighted by Gasteiger charge is -2.39. The van der Waals surface area contributed by atoms with Gasteiger partial charge in [-0.05, 0) is 251 Å². The first-order valence-corrected chi connectivity index (χ1v) is 55.0. The largest absolute Gasteiger partial charge is 0.744 e. The average molecular weight is 1970 g/mol. The number of unbranched alkanes of at least 4 members (excludes halogenated alkanes) is 4. The van der Waals surface area contributed by atoms with Crippen molar-refractivity contribution < 1.29 is 56.9 Å². The van der Waals surface area contributed by atoms with Crippen molar-refractivity contribution in [2.45, 2.75) is 309 Å². The number of quaternary nitrogens is 1. The second-order valence-electron chi connectivity index (χ2n) is 39.3. The Kier molecular flexibility index (Phi) is 50.3. The van der Waals surface area contributed by atoms with Crippen molar-refractivity contribution >= 4 is 33.0 Å². The number of carbonyl (C=O) groups excluding carboxylic acids is 2. The number of carbonyl (C=O) groups is 2. The van der Waals surface area contributed by atoms with E-state index < -0.39 is 10.1 Å². The molecule has 3 atom stereocenters. The molecule has 0 spiro atoms. The molecule has 1 aromatic heterocycles. The van der Waals surface area contributed by atoms with Gasteiger partial charge < -0.3 is 43.9 Å². The molecule has 16 heteroatoms. The number of phenolic OH excluding ortho intramolecular Hbond substituents is 2. The summed E-state index contributed by atoms with van der Waals surface area (Å²) in [6.07, 6.45) is 20.4. The third-order valence-electron chi connectivity index (χ3n) is 27.2. The predicted molar refractivity (Wildman–Crippen MR) is 597 cm³/mol. The molecule has 0 saturated heterocycles. The average Bonchev–Trinajstić information content (AvgIpc) is 1.63. The fraction of sp³-hybridized carbons (Fsp3) is 0.394. The standard InChI is InChI=1S/C23H22O.C21H16N2.C18H15S.C16H36N.C15H24O3S.C13H24O2.C11H14O3.C10H14O.H2O/c1-3-16(2)17-12-14-18(15-13-17)24-23-21-10-6-4-8-19(21)20-9-5-7-11-22(20)23;1-4-10-16(11-5-1)19-20(17-12-6-2-7-13-17)23-21(22-19)18-14-8-3-9-15-18;1-4-10-16(11-5-1)19(17-12-6-2-7-13-17)18-14-8-3-9-15-18;1-5-9-13-17(14-10-6-2,15-11-7-3)16-12-8-4;1-9(2)12-7-13(10(3)4)15(19(16,17)18)14(8-12)11(5)6;1-5-12(3,4)11(14)15-13(6-2)9-7-8-10-13;1-3-8(2)11(13)14-10-6-4-9(12)5-7-10;1-3-8(2)9-4-6-10(11)7-5-9;/h4-16,23H,3H2,1-2H3;1-15H,(H,22,23);1-15H;5-16H2,1-4H3;7-11H,1-6H3,(H,16,17,18);5-10H2,1-4H3;4-8,12H,3H2,1-2H3;4-8,11H,3H2,1-2H3;1H2/q;;2*+1;;;;;/p-1. The van der Waals surface area contributed by atoms with Gasteiger partial charge in [-0.15, -0.1) is 0 Å². The summed E-state index contributed by atoms with van der Waals surface area (Å²) in [6, 6.07) is 106. The number of phenols is 2. The molecular weight excluding hydrogens is 1810 g/mol. The zero-order valence-electron chi connectivity index (χ0n) is 89.3. The number of nitrogens with one attached hydrogen (secondary N) is 1. The van der Waals surface area contributed by atoms with E-state index in [1.807, 2.05) is 141 Å². The van der Waals surface area contributed by atoms with E-state index in [-0.39, 0.29) is 73.8 Å². The molecule has 14 nitrogen and oxygen atoms in total. The summed E-state index contributed by atoms with van der Waals surface area (Å²) in [5, 5.41) is 18.0. The summed E-state index contributed by atoms with van der Waals surface area (Å²) in [5.41, 5.74) is 15.0. The highest BCUT2D eigenvalue weighted by molar-refractivity contribution is 7.97. The van der Waals surface area contributed by atoms with E-state index in [0.29, 0.717) is 40.4 Å². The van der Waals surface area contributed by atoms with Gasteiger partial charge in [-0.3, -0.25) is 9.59 Å². The highest BCUT2D eigenvalue weighted by atomic mass is 32.2. The Bertz CT molecular complexity index is 5630. The molecule has 0 radical (unpaired) electrons. The number of aromatic nitrogens is 2. The maximum absolute atomic E-state index is 12.0. The molecule has 143 heavy (non-hydrogen) atoms. The van der Waals surface area contributed by atoms with Crippen LogP contribution in [0.2, 0.25) is 0 Å². The van der Waals surface area contributed by atoms with E-state index in [1.165, 1.54) is 155 Å². The minimum Gasteiger partial charge on any atom is -0.744 e. The zero-order valence-corrected chi connectivity index (χ0v) is 90.9. The van der Waals surface area contributed by atoms with Gasteiger partial charge in [0, 0.05) is 27.8 Å². The molecule has 0 aliphatic heterocycles. The fourth-order valence-electron chi connectivity index (χ4n) is 17.1. The van der Waals surface area contributed by atoms with Crippen LogP contribution in [0.15, 0.2) is 335 Å². The molecule has 3 unspecified atom stereocenters. The monoisotopic (exact) mass is 1970 g/mol. The van der Waals surface area contributed by atoms with E-state index in [0.717, 1.165) is 90.2 Å². The van der Waals surface area contributed by atoms with Crippen molar-refractivity contribution in [1.29, 1.82) is 0 Å². The van der Waals surface area contributed by atoms with Crippen molar-refractivity contribution in [1.82, 2.24) is 9.97 Å². The molecule has 1 saturated carbocycles. The van der Waals surface area contributed by atoms with Crippen molar-refractivity contribution in [2.24, 2.45) is 11.3 Å². The van der Waals surface area contributed by atoms with Crippen LogP contribution < -0.4 is 9.47 Å². The summed E-state index contributed by atoms with van der Waals surface area (Å²) in [7, 11) is -4.46. The number of fused-ring (bicyclic) bond motifs is 3. The third-order valence-corrected chi connectivity index (χ3v) is 30.4. The molecule has 2 aliphatic rings. The number of aromatic amines is 1. The van der Waals surface area contributed by atoms with Gasteiger partial charge in [0.25, 0.3) is 0 Å². The van der Waals surface area contributed by atoms with Crippen LogP contribution in [0.4, 0.5) is 0 Å². The maximum Gasteiger partial charge on any atom is 0.314 e. The first kappa shape index (κ1) is 118. The van der Waals surface area contributed by atoms with Gasteiger partial charge >= 0.3 is 11.9 Å². The van der Waals surface area contributed by atoms with Gasteiger partial charge in [0.05, 0.1) is 64.7 Å². The van der Waals surface area contributed by atoms with E-state index >= 15 is 0 Å². The fourth-order valence-corrected chi connectivity index (χ4v) is 20.3. The van der Waals surface area contributed by atoms with Crippen LogP contribution in [0.3, 0.4) is 0 Å². The number of ether oxygens (including phenoxy) is 3. The van der Waals surface area contributed by atoms with Crippen LogP contribution in [0, 0.1) is 11.3 Å². The SMILES string of the molecule is CC(C)c1cc(C(C)C)c(S(=O)(=O)[O-])c(C(C)C)c1.CCC(C)C(=O)Oc1ccc(O)cc1.CCC(C)c1ccc(O)cc1.CCC(C)c1ccc(OC2c3ccccc3-c3ccccc32)cc1.CCC1(OC(=O)C(C)(C)CC)CCCC1.CCCC[N+](CCCC)(CCCC)CCCC.O.c1ccc(-c2nc(-c3ccccc3)c(-c3ccccc3)[nH]2)cc1.c1ccc([S+](c2ccccc2)c2ccccc2)cc1. The molecule has 1 fully saturated rings. The molecule has 12 aromatic carbocycles. The predicted octanol–water partition coefficient (Wildman–Crippen LogP) is 33.6. The second-order valence-corrected chi connectivity index (χ2v) is 42.6. The Hall–Kier alpha value is -11.6. The Morgan fingerprint density at radius 3 is 1.19 bits per heavy atom. The van der Waals surface area contributed by atoms with Gasteiger partial charge in [0.15, 0.2) is 20.8 Å². The van der Waals surface area contributed by atoms with Crippen molar-refractivity contribution in [3.05, 3.63) is 354 Å². The minimum atomic E-state index is -4.45. The highest BCUT2D eigenvalue weighted by Crippen LogP contribution is 2.47. The summed E-state index contributed by atoms with van der Waals surface area (Å²) in [4.78, 5) is 35.8. The number of H-pyrrole nitrogens is 1.